The maximum atomic E-state index is 13.0. The number of halogens is 1. The Balaban J connectivity index is 1.53. The molecule has 1 aliphatic heterocycles. The average Bonchev–Trinajstić information content (AvgIpc) is 3.08. The van der Waals surface area contributed by atoms with Crippen molar-refractivity contribution in [2.24, 2.45) is 0 Å². The molecule has 31 heavy (non-hydrogen) atoms. The Bertz CT molecular complexity index is 1260. The van der Waals surface area contributed by atoms with Crippen molar-refractivity contribution in [1.82, 2.24) is 14.2 Å². The van der Waals surface area contributed by atoms with Gasteiger partial charge in [0.2, 0.25) is 15.9 Å². The summed E-state index contributed by atoms with van der Waals surface area (Å²) in [6.07, 6.45) is 0. The SMILES string of the molecule is O=C(Cn1c(=O)sc2cc(S(=O)(=O)NCc3ccc(F)cc3)ccc21)N1CCOCC1. The van der Waals surface area contributed by atoms with Crippen LogP contribution in [0.2, 0.25) is 0 Å². The van der Waals surface area contributed by atoms with Crippen molar-refractivity contribution in [3.63, 3.8) is 0 Å². The molecule has 1 aliphatic rings. The highest BCUT2D eigenvalue weighted by atomic mass is 32.2. The predicted molar refractivity (Wildman–Crippen MR) is 114 cm³/mol. The second kappa shape index (κ2) is 8.87. The molecule has 1 N–H and O–H groups in total. The molecule has 0 unspecified atom stereocenters. The highest BCUT2D eigenvalue weighted by Gasteiger charge is 2.21. The summed E-state index contributed by atoms with van der Waals surface area (Å²) in [6.45, 7) is 1.81. The van der Waals surface area contributed by atoms with Gasteiger partial charge in [0.15, 0.2) is 0 Å². The molecule has 0 bridgehead atoms. The molecular formula is C20H20FN3O5S2. The molecule has 0 saturated carbocycles. The maximum Gasteiger partial charge on any atom is 0.308 e. The second-order valence-corrected chi connectivity index (χ2v) is 9.79. The molecule has 4 rings (SSSR count). The van der Waals surface area contributed by atoms with Gasteiger partial charge in [-0.05, 0) is 35.9 Å². The van der Waals surface area contributed by atoms with Gasteiger partial charge in [-0.15, -0.1) is 0 Å². The van der Waals surface area contributed by atoms with Crippen LogP contribution in [0.5, 0.6) is 0 Å². The van der Waals surface area contributed by atoms with Gasteiger partial charge in [0.1, 0.15) is 12.4 Å². The number of morpholine rings is 1. The number of benzene rings is 2. The van der Waals surface area contributed by atoms with Gasteiger partial charge in [-0.3, -0.25) is 14.2 Å². The van der Waals surface area contributed by atoms with Crippen LogP contribution in [-0.4, -0.2) is 50.1 Å². The lowest BCUT2D eigenvalue weighted by Gasteiger charge is -2.26. The molecule has 164 valence electrons. The van der Waals surface area contributed by atoms with Crippen LogP contribution in [0.15, 0.2) is 52.2 Å². The fourth-order valence-electron chi connectivity index (χ4n) is 3.28. The highest BCUT2D eigenvalue weighted by molar-refractivity contribution is 7.89. The van der Waals surface area contributed by atoms with Crippen molar-refractivity contribution in [2.45, 2.75) is 18.0 Å². The third-order valence-electron chi connectivity index (χ3n) is 4.99. The first-order chi connectivity index (χ1) is 14.8. The zero-order valence-corrected chi connectivity index (χ0v) is 18.0. The molecular weight excluding hydrogens is 445 g/mol. The van der Waals surface area contributed by atoms with Crippen molar-refractivity contribution in [2.75, 3.05) is 26.3 Å². The van der Waals surface area contributed by atoms with Crippen molar-refractivity contribution in [3.05, 3.63) is 63.5 Å². The fourth-order valence-corrected chi connectivity index (χ4v) is 5.32. The summed E-state index contributed by atoms with van der Waals surface area (Å²) in [5.74, 6) is -0.577. The van der Waals surface area contributed by atoms with Crippen molar-refractivity contribution in [3.8, 4) is 0 Å². The summed E-state index contributed by atoms with van der Waals surface area (Å²) in [6, 6.07) is 9.87. The van der Waals surface area contributed by atoms with Crippen molar-refractivity contribution < 1.29 is 22.3 Å². The molecule has 2 aromatic carbocycles. The number of amides is 1. The fraction of sp³-hybridized carbons (Fsp3) is 0.300. The van der Waals surface area contributed by atoms with E-state index in [1.807, 2.05) is 0 Å². The van der Waals surface area contributed by atoms with Crippen LogP contribution >= 0.6 is 11.3 Å². The van der Waals surface area contributed by atoms with Crippen LogP contribution < -0.4 is 9.60 Å². The smallest absolute Gasteiger partial charge is 0.308 e. The van der Waals surface area contributed by atoms with Crippen LogP contribution in [0.4, 0.5) is 4.39 Å². The zero-order valence-electron chi connectivity index (χ0n) is 16.4. The van der Waals surface area contributed by atoms with Gasteiger partial charge in [0, 0.05) is 19.6 Å². The number of ether oxygens (including phenoxy) is 1. The number of sulfonamides is 1. The standard InChI is InChI=1S/C20H20FN3O5S2/c21-15-3-1-14(2-4-15)12-22-31(27,28)16-5-6-17-18(11-16)30-20(26)24(17)13-19(25)23-7-9-29-10-8-23/h1-6,11,22H,7-10,12-13H2. The third-order valence-corrected chi connectivity index (χ3v) is 7.33. The van der Waals surface area contributed by atoms with Gasteiger partial charge in [-0.25, -0.2) is 17.5 Å². The summed E-state index contributed by atoms with van der Waals surface area (Å²) < 4.78 is 47.9. The molecule has 1 saturated heterocycles. The lowest BCUT2D eigenvalue weighted by Crippen LogP contribution is -2.43. The molecule has 0 atom stereocenters. The lowest BCUT2D eigenvalue weighted by atomic mass is 10.2. The number of carbonyl (C=O) groups excluding carboxylic acids is 1. The van der Waals surface area contributed by atoms with E-state index in [0.29, 0.717) is 42.1 Å². The van der Waals surface area contributed by atoms with Gasteiger partial charge in [-0.1, -0.05) is 23.5 Å². The summed E-state index contributed by atoms with van der Waals surface area (Å²) in [5.41, 5.74) is 1.12. The average molecular weight is 466 g/mol. The predicted octanol–water partition coefficient (Wildman–Crippen LogP) is 1.54. The van der Waals surface area contributed by atoms with E-state index in [-0.39, 0.29) is 28.8 Å². The zero-order chi connectivity index (χ0) is 22.0. The minimum Gasteiger partial charge on any atom is -0.378 e. The number of carbonyl (C=O) groups is 1. The number of rotatable bonds is 6. The monoisotopic (exact) mass is 465 g/mol. The third kappa shape index (κ3) is 4.85. The van der Waals surface area contributed by atoms with E-state index in [1.165, 1.54) is 47.0 Å². The van der Waals surface area contributed by atoms with Crippen LogP contribution in [0.1, 0.15) is 5.56 Å². The van der Waals surface area contributed by atoms with Gasteiger partial charge in [-0.2, -0.15) is 0 Å². The second-order valence-electron chi connectivity index (χ2n) is 7.03. The van der Waals surface area contributed by atoms with Gasteiger partial charge in [0.25, 0.3) is 0 Å². The summed E-state index contributed by atoms with van der Waals surface area (Å²) >= 11 is 0.892. The molecule has 8 nitrogen and oxygen atoms in total. The first kappa shape index (κ1) is 21.6. The molecule has 1 aromatic heterocycles. The number of nitrogens with zero attached hydrogens (tertiary/aromatic N) is 2. The van der Waals surface area contributed by atoms with E-state index in [4.69, 9.17) is 4.74 Å². The molecule has 0 radical (unpaired) electrons. The number of fused-ring (bicyclic) bond motifs is 1. The minimum absolute atomic E-state index is 0.00590. The Labute approximate surface area is 181 Å². The molecule has 0 spiro atoms. The molecule has 3 aromatic rings. The first-order valence-electron chi connectivity index (χ1n) is 9.56. The topological polar surface area (TPSA) is 97.7 Å². The number of nitrogens with one attached hydrogen (secondary N) is 1. The quantitative estimate of drug-likeness (QED) is 0.596. The Hall–Kier alpha value is -2.60. The van der Waals surface area contributed by atoms with E-state index in [0.717, 1.165) is 11.3 Å². The Morgan fingerprint density at radius 2 is 1.84 bits per heavy atom. The molecule has 1 amide bonds. The Kier molecular flexibility index (Phi) is 6.19. The number of hydrogen-bond acceptors (Lipinski definition) is 6. The number of hydrogen-bond donors (Lipinski definition) is 1. The summed E-state index contributed by atoms with van der Waals surface area (Å²) in [7, 11) is -3.84. The van der Waals surface area contributed by atoms with E-state index in [2.05, 4.69) is 4.72 Å². The molecule has 0 aliphatic carbocycles. The van der Waals surface area contributed by atoms with Crippen LogP contribution in [-0.2, 0) is 32.6 Å². The summed E-state index contributed by atoms with van der Waals surface area (Å²) in [5, 5.41) is 0. The van der Waals surface area contributed by atoms with Crippen LogP contribution in [0, 0.1) is 5.82 Å². The number of thiazole rings is 1. The van der Waals surface area contributed by atoms with Gasteiger partial charge >= 0.3 is 4.87 Å². The Morgan fingerprint density at radius 3 is 2.55 bits per heavy atom. The van der Waals surface area contributed by atoms with E-state index in [1.54, 1.807) is 4.90 Å². The van der Waals surface area contributed by atoms with Crippen LogP contribution in [0.25, 0.3) is 10.2 Å². The van der Waals surface area contributed by atoms with Gasteiger partial charge < -0.3 is 9.64 Å². The van der Waals surface area contributed by atoms with E-state index in [9.17, 15) is 22.4 Å². The molecule has 2 heterocycles. The molecule has 1 fully saturated rings. The lowest BCUT2D eigenvalue weighted by molar-refractivity contribution is -0.135. The van der Waals surface area contributed by atoms with Gasteiger partial charge in [0.05, 0.1) is 28.3 Å². The highest BCUT2D eigenvalue weighted by Crippen LogP contribution is 2.22. The van der Waals surface area contributed by atoms with E-state index < -0.39 is 15.8 Å². The van der Waals surface area contributed by atoms with Crippen molar-refractivity contribution >= 4 is 37.5 Å². The summed E-state index contributed by atoms with van der Waals surface area (Å²) in [4.78, 5) is 26.3. The first-order valence-corrected chi connectivity index (χ1v) is 11.9. The van der Waals surface area contributed by atoms with Crippen LogP contribution in [0.3, 0.4) is 0 Å². The normalized spacial score (nSPS) is 14.8. The Morgan fingerprint density at radius 1 is 1.13 bits per heavy atom. The van der Waals surface area contributed by atoms with E-state index >= 15 is 0 Å². The van der Waals surface area contributed by atoms with Crippen molar-refractivity contribution in [1.29, 1.82) is 0 Å². The maximum absolute atomic E-state index is 13.0. The minimum atomic E-state index is -3.84. The molecule has 11 heteroatoms. The largest absolute Gasteiger partial charge is 0.378 e. The number of aromatic nitrogens is 1.